The van der Waals surface area contributed by atoms with E-state index in [2.05, 4.69) is 10.6 Å². The molecule has 1 aliphatic rings. The smallest absolute Gasteiger partial charge is 0.253 e. The number of aliphatic hydroxyl groups excluding tert-OH is 1. The molecular formula is C14H21N3O3. The van der Waals surface area contributed by atoms with Crippen LogP contribution in [0.25, 0.3) is 0 Å². The summed E-state index contributed by atoms with van der Waals surface area (Å²) in [7, 11) is 1.58. The minimum Gasteiger partial charge on any atom is -0.399 e. The van der Waals surface area contributed by atoms with Gasteiger partial charge in [0.25, 0.3) is 5.91 Å². The number of nitrogens with one attached hydrogen (secondary N) is 2. The number of benzene rings is 1. The predicted molar refractivity (Wildman–Crippen MR) is 77.7 cm³/mol. The Morgan fingerprint density at radius 1 is 1.45 bits per heavy atom. The van der Waals surface area contributed by atoms with Crippen molar-refractivity contribution in [2.24, 2.45) is 0 Å². The number of anilines is 2. The Bertz CT molecular complexity index is 485. The Labute approximate surface area is 118 Å². The van der Waals surface area contributed by atoms with Crippen LogP contribution in [0, 0.1) is 0 Å². The Balaban J connectivity index is 2.31. The molecular weight excluding hydrogens is 258 g/mol. The van der Waals surface area contributed by atoms with Gasteiger partial charge in [-0.1, -0.05) is 0 Å². The number of ether oxygens (including phenoxy) is 1. The molecule has 1 heterocycles. The lowest BCUT2D eigenvalue weighted by Crippen LogP contribution is -2.47. The highest BCUT2D eigenvalue weighted by Crippen LogP contribution is 2.29. The lowest BCUT2D eigenvalue weighted by atomic mass is 9.90. The zero-order valence-corrected chi connectivity index (χ0v) is 11.6. The first-order valence-electron chi connectivity index (χ1n) is 6.69. The normalized spacial score (nSPS) is 17.5. The molecule has 0 radical (unpaired) electrons. The Morgan fingerprint density at radius 2 is 2.15 bits per heavy atom. The molecule has 5 N–H and O–H groups in total. The quantitative estimate of drug-likeness (QED) is 0.605. The van der Waals surface area contributed by atoms with E-state index in [0.29, 0.717) is 43.0 Å². The molecule has 6 heteroatoms. The number of nitrogens with two attached hydrogens (primary N) is 1. The standard InChI is InChI=1S/C14H21N3O3/c1-16-13(19)11-3-2-10(15)8-12(11)17-14(9-18)4-6-20-7-5-14/h2-3,8,17-18H,4-7,9,15H2,1H3,(H,16,19). The summed E-state index contributed by atoms with van der Waals surface area (Å²) in [4.78, 5) is 11.9. The van der Waals surface area contributed by atoms with Gasteiger partial charge < -0.3 is 26.2 Å². The fourth-order valence-electron chi connectivity index (χ4n) is 2.37. The molecule has 1 saturated heterocycles. The average Bonchev–Trinajstić information content (AvgIpc) is 2.47. The second-order valence-electron chi connectivity index (χ2n) is 5.06. The van der Waals surface area contributed by atoms with Crippen molar-refractivity contribution in [1.29, 1.82) is 0 Å². The van der Waals surface area contributed by atoms with Gasteiger partial charge >= 0.3 is 0 Å². The molecule has 0 atom stereocenters. The van der Waals surface area contributed by atoms with Crippen molar-refractivity contribution >= 4 is 17.3 Å². The van der Waals surface area contributed by atoms with E-state index in [1.54, 1.807) is 25.2 Å². The molecule has 1 amide bonds. The summed E-state index contributed by atoms with van der Waals surface area (Å²) in [6, 6.07) is 5.09. The topological polar surface area (TPSA) is 96.6 Å². The van der Waals surface area contributed by atoms with Crippen molar-refractivity contribution in [3.8, 4) is 0 Å². The van der Waals surface area contributed by atoms with E-state index in [-0.39, 0.29) is 12.5 Å². The molecule has 0 saturated carbocycles. The number of hydrogen-bond donors (Lipinski definition) is 4. The third kappa shape index (κ3) is 3.02. The predicted octanol–water partition coefficient (Wildman–Crippen LogP) is 0.582. The second-order valence-corrected chi connectivity index (χ2v) is 5.06. The number of carbonyl (C=O) groups is 1. The molecule has 0 bridgehead atoms. The molecule has 0 spiro atoms. The number of nitrogen functional groups attached to an aromatic ring is 1. The lowest BCUT2D eigenvalue weighted by Gasteiger charge is -2.37. The van der Waals surface area contributed by atoms with Crippen molar-refractivity contribution in [3.05, 3.63) is 23.8 Å². The highest BCUT2D eigenvalue weighted by Gasteiger charge is 2.32. The summed E-state index contributed by atoms with van der Waals surface area (Å²) in [6.07, 6.45) is 1.37. The summed E-state index contributed by atoms with van der Waals surface area (Å²) < 4.78 is 5.33. The summed E-state index contributed by atoms with van der Waals surface area (Å²) >= 11 is 0. The summed E-state index contributed by atoms with van der Waals surface area (Å²) in [6.45, 7) is 1.16. The first kappa shape index (κ1) is 14.6. The third-order valence-electron chi connectivity index (χ3n) is 3.67. The van der Waals surface area contributed by atoms with E-state index in [1.807, 2.05) is 0 Å². The van der Waals surface area contributed by atoms with Gasteiger partial charge in [0, 0.05) is 31.6 Å². The molecule has 1 aromatic rings. The van der Waals surface area contributed by atoms with E-state index >= 15 is 0 Å². The number of rotatable bonds is 4. The zero-order valence-electron chi connectivity index (χ0n) is 11.6. The van der Waals surface area contributed by atoms with E-state index in [4.69, 9.17) is 10.5 Å². The first-order valence-corrected chi connectivity index (χ1v) is 6.69. The van der Waals surface area contributed by atoms with Crippen molar-refractivity contribution in [3.63, 3.8) is 0 Å². The zero-order chi connectivity index (χ0) is 14.6. The van der Waals surface area contributed by atoms with Crippen molar-refractivity contribution in [2.75, 3.05) is 37.9 Å². The van der Waals surface area contributed by atoms with Gasteiger partial charge in [0.05, 0.1) is 17.7 Å². The number of hydrogen-bond acceptors (Lipinski definition) is 5. The maximum absolute atomic E-state index is 11.9. The van der Waals surface area contributed by atoms with Crippen LogP contribution in [-0.4, -0.2) is 43.4 Å². The van der Waals surface area contributed by atoms with E-state index in [1.165, 1.54) is 0 Å². The number of amides is 1. The van der Waals surface area contributed by atoms with E-state index in [0.717, 1.165) is 0 Å². The number of aliphatic hydroxyl groups is 1. The fraction of sp³-hybridized carbons (Fsp3) is 0.500. The molecule has 0 aromatic heterocycles. The van der Waals surface area contributed by atoms with Gasteiger partial charge in [0.15, 0.2) is 0 Å². The summed E-state index contributed by atoms with van der Waals surface area (Å²) in [5, 5.41) is 15.6. The highest BCUT2D eigenvalue weighted by atomic mass is 16.5. The average molecular weight is 279 g/mol. The fourth-order valence-corrected chi connectivity index (χ4v) is 2.37. The van der Waals surface area contributed by atoms with Crippen LogP contribution in [0.3, 0.4) is 0 Å². The van der Waals surface area contributed by atoms with Crippen LogP contribution in [0.2, 0.25) is 0 Å². The minimum absolute atomic E-state index is 0.0155. The summed E-state index contributed by atoms with van der Waals surface area (Å²) in [5.41, 5.74) is 7.06. The SMILES string of the molecule is CNC(=O)c1ccc(N)cc1NC1(CO)CCOCC1. The van der Waals surface area contributed by atoms with Crippen LogP contribution in [-0.2, 0) is 4.74 Å². The Kier molecular flexibility index (Phi) is 4.46. The Hall–Kier alpha value is -1.79. The molecule has 2 rings (SSSR count). The molecule has 1 aliphatic heterocycles. The summed E-state index contributed by atoms with van der Waals surface area (Å²) in [5.74, 6) is -0.187. The van der Waals surface area contributed by atoms with Crippen molar-refractivity contribution in [2.45, 2.75) is 18.4 Å². The van der Waals surface area contributed by atoms with Gasteiger partial charge in [-0.3, -0.25) is 4.79 Å². The van der Waals surface area contributed by atoms with Gasteiger partial charge in [0.2, 0.25) is 0 Å². The van der Waals surface area contributed by atoms with Gasteiger partial charge in [-0.2, -0.15) is 0 Å². The molecule has 1 aromatic carbocycles. The number of carbonyl (C=O) groups excluding carboxylic acids is 1. The third-order valence-corrected chi connectivity index (χ3v) is 3.67. The van der Waals surface area contributed by atoms with Gasteiger partial charge in [-0.25, -0.2) is 0 Å². The van der Waals surface area contributed by atoms with Crippen LogP contribution in [0.15, 0.2) is 18.2 Å². The van der Waals surface area contributed by atoms with Gasteiger partial charge in [-0.15, -0.1) is 0 Å². The van der Waals surface area contributed by atoms with Crippen LogP contribution in [0.4, 0.5) is 11.4 Å². The van der Waals surface area contributed by atoms with Crippen molar-refractivity contribution < 1.29 is 14.6 Å². The van der Waals surface area contributed by atoms with Crippen molar-refractivity contribution in [1.82, 2.24) is 5.32 Å². The minimum atomic E-state index is -0.463. The van der Waals surface area contributed by atoms with E-state index in [9.17, 15) is 9.90 Å². The second kappa shape index (κ2) is 6.11. The molecule has 1 fully saturated rings. The molecule has 20 heavy (non-hydrogen) atoms. The first-order chi connectivity index (χ1) is 9.60. The lowest BCUT2D eigenvalue weighted by molar-refractivity contribution is 0.0379. The van der Waals surface area contributed by atoms with Gasteiger partial charge in [0.1, 0.15) is 0 Å². The van der Waals surface area contributed by atoms with Crippen LogP contribution in [0.1, 0.15) is 23.2 Å². The Morgan fingerprint density at radius 3 is 2.75 bits per heavy atom. The van der Waals surface area contributed by atoms with Crippen LogP contribution >= 0.6 is 0 Å². The maximum atomic E-state index is 11.9. The maximum Gasteiger partial charge on any atom is 0.253 e. The molecule has 6 nitrogen and oxygen atoms in total. The highest BCUT2D eigenvalue weighted by molar-refractivity contribution is 6.00. The largest absolute Gasteiger partial charge is 0.399 e. The molecule has 0 unspecified atom stereocenters. The van der Waals surface area contributed by atoms with E-state index < -0.39 is 5.54 Å². The monoisotopic (exact) mass is 279 g/mol. The molecule has 0 aliphatic carbocycles. The van der Waals surface area contributed by atoms with Gasteiger partial charge in [-0.05, 0) is 31.0 Å². The van der Waals surface area contributed by atoms with Crippen LogP contribution in [0.5, 0.6) is 0 Å². The van der Waals surface area contributed by atoms with Crippen LogP contribution < -0.4 is 16.4 Å². The molecule has 110 valence electrons.